The van der Waals surface area contributed by atoms with Crippen LogP contribution in [0.1, 0.15) is 12.6 Å². The summed E-state index contributed by atoms with van der Waals surface area (Å²) in [5, 5.41) is 10.1. The summed E-state index contributed by atoms with van der Waals surface area (Å²) in [5.41, 5.74) is 1.99. The SMILES string of the molecule is CCn1c(COc2ccc(O)cc2)cc2cc(F)ccc21. The van der Waals surface area contributed by atoms with Crippen LogP contribution in [0.25, 0.3) is 10.9 Å². The Labute approximate surface area is 122 Å². The molecule has 21 heavy (non-hydrogen) atoms. The molecule has 0 aliphatic rings. The van der Waals surface area contributed by atoms with Crippen LogP contribution in [0, 0.1) is 5.82 Å². The highest BCUT2D eigenvalue weighted by Gasteiger charge is 2.09. The second kappa shape index (κ2) is 5.48. The minimum Gasteiger partial charge on any atom is -0.508 e. The summed E-state index contributed by atoms with van der Waals surface area (Å²) in [5.74, 6) is 0.661. The molecule has 3 nitrogen and oxygen atoms in total. The van der Waals surface area contributed by atoms with Gasteiger partial charge in [0.25, 0.3) is 0 Å². The zero-order valence-corrected chi connectivity index (χ0v) is 11.7. The van der Waals surface area contributed by atoms with Crippen LogP contribution >= 0.6 is 0 Å². The summed E-state index contributed by atoms with van der Waals surface area (Å²) in [6, 6.07) is 13.3. The zero-order chi connectivity index (χ0) is 14.8. The summed E-state index contributed by atoms with van der Waals surface area (Å²) in [7, 11) is 0. The van der Waals surface area contributed by atoms with Gasteiger partial charge in [0.1, 0.15) is 23.9 Å². The van der Waals surface area contributed by atoms with E-state index in [0.29, 0.717) is 12.4 Å². The van der Waals surface area contributed by atoms with E-state index in [-0.39, 0.29) is 11.6 Å². The predicted octanol–water partition coefficient (Wildman–Crippen LogP) is 4.08. The number of phenols is 1. The molecule has 108 valence electrons. The Balaban J connectivity index is 1.87. The fraction of sp³-hybridized carbons (Fsp3) is 0.176. The second-order valence-electron chi connectivity index (χ2n) is 4.87. The van der Waals surface area contributed by atoms with Crippen molar-refractivity contribution >= 4 is 10.9 Å². The van der Waals surface area contributed by atoms with Crippen molar-refractivity contribution in [2.75, 3.05) is 0 Å². The van der Waals surface area contributed by atoms with Gasteiger partial charge in [-0.3, -0.25) is 0 Å². The van der Waals surface area contributed by atoms with Gasteiger partial charge < -0.3 is 14.4 Å². The van der Waals surface area contributed by atoms with Crippen LogP contribution in [0.4, 0.5) is 4.39 Å². The molecule has 0 bridgehead atoms. The standard InChI is InChI=1S/C17H16FNO2/c1-2-19-14(10-12-9-13(18)3-8-17(12)19)11-21-16-6-4-15(20)5-7-16/h3-10,20H,2,11H2,1H3. The number of phenolic OH excluding ortho intramolecular Hbond substituents is 1. The molecule has 3 aromatic rings. The molecule has 4 heteroatoms. The minimum atomic E-state index is -0.234. The van der Waals surface area contributed by atoms with Crippen molar-refractivity contribution < 1.29 is 14.2 Å². The van der Waals surface area contributed by atoms with E-state index in [9.17, 15) is 9.50 Å². The molecule has 0 aliphatic heterocycles. The van der Waals surface area contributed by atoms with Crippen LogP contribution < -0.4 is 4.74 Å². The van der Waals surface area contributed by atoms with Crippen LogP contribution in [0.15, 0.2) is 48.5 Å². The third-order valence-corrected chi connectivity index (χ3v) is 3.49. The van der Waals surface area contributed by atoms with Crippen LogP contribution in [-0.2, 0) is 13.2 Å². The van der Waals surface area contributed by atoms with Crippen molar-refractivity contribution in [1.29, 1.82) is 0 Å². The topological polar surface area (TPSA) is 34.4 Å². The van der Waals surface area contributed by atoms with E-state index in [0.717, 1.165) is 23.1 Å². The number of benzene rings is 2. The molecule has 2 aromatic carbocycles. The van der Waals surface area contributed by atoms with E-state index in [1.165, 1.54) is 12.1 Å². The maximum absolute atomic E-state index is 13.3. The first-order chi connectivity index (χ1) is 10.2. The highest BCUT2D eigenvalue weighted by Crippen LogP contribution is 2.23. The predicted molar refractivity (Wildman–Crippen MR) is 80.0 cm³/mol. The average Bonchev–Trinajstić information content (AvgIpc) is 2.83. The van der Waals surface area contributed by atoms with Crippen LogP contribution in [0.3, 0.4) is 0 Å². The van der Waals surface area contributed by atoms with Crippen molar-refractivity contribution in [2.45, 2.75) is 20.1 Å². The van der Waals surface area contributed by atoms with Gasteiger partial charge in [0.15, 0.2) is 0 Å². The number of nitrogens with zero attached hydrogens (tertiary/aromatic N) is 1. The van der Waals surface area contributed by atoms with Crippen molar-refractivity contribution in [1.82, 2.24) is 4.57 Å². The van der Waals surface area contributed by atoms with Crippen molar-refractivity contribution in [3.8, 4) is 11.5 Å². The number of ether oxygens (including phenoxy) is 1. The molecular formula is C17H16FNO2. The number of aromatic nitrogens is 1. The molecule has 0 amide bonds. The number of hydrogen-bond acceptors (Lipinski definition) is 2. The fourth-order valence-electron chi connectivity index (χ4n) is 2.49. The van der Waals surface area contributed by atoms with Crippen molar-refractivity contribution in [2.24, 2.45) is 0 Å². The monoisotopic (exact) mass is 285 g/mol. The van der Waals surface area contributed by atoms with E-state index in [4.69, 9.17) is 4.74 Å². The second-order valence-corrected chi connectivity index (χ2v) is 4.87. The molecule has 0 atom stereocenters. The van der Waals surface area contributed by atoms with E-state index >= 15 is 0 Å². The lowest BCUT2D eigenvalue weighted by molar-refractivity contribution is 0.295. The lowest BCUT2D eigenvalue weighted by Crippen LogP contribution is -2.04. The quantitative estimate of drug-likeness (QED) is 0.783. The van der Waals surface area contributed by atoms with Gasteiger partial charge in [0.2, 0.25) is 0 Å². The molecule has 3 rings (SSSR count). The minimum absolute atomic E-state index is 0.209. The van der Waals surface area contributed by atoms with Gasteiger partial charge in [-0.2, -0.15) is 0 Å². The highest BCUT2D eigenvalue weighted by atomic mass is 19.1. The van der Waals surface area contributed by atoms with E-state index in [1.54, 1.807) is 30.3 Å². The van der Waals surface area contributed by atoms with Gasteiger partial charge in [-0.1, -0.05) is 0 Å². The summed E-state index contributed by atoms with van der Waals surface area (Å²) in [6.45, 7) is 3.24. The molecule has 0 saturated carbocycles. The third kappa shape index (κ3) is 2.70. The Morgan fingerprint density at radius 2 is 1.86 bits per heavy atom. The number of aromatic hydroxyl groups is 1. The lowest BCUT2D eigenvalue weighted by Gasteiger charge is -2.10. The third-order valence-electron chi connectivity index (χ3n) is 3.49. The Morgan fingerprint density at radius 1 is 1.10 bits per heavy atom. The van der Waals surface area contributed by atoms with Gasteiger partial charge in [0.05, 0.1) is 5.69 Å². The number of rotatable bonds is 4. The van der Waals surface area contributed by atoms with Crippen molar-refractivity contribution in [3.63, 3.8) is 0 Å². The number of aryl methyl sites for hydroxylation is 1. The van der Waals surface area contributed by atoms with Crippen LogP contribution in [0.2, 0.25) is 0 Å². The molecule has 1 N–H and O–H groups in total. The molecule has 1 aromatic heterocycles. The Morgan fingerprint density at radius 3 is 2.57 bits per heavy atom. The molecule has 0 radical (unpaired) electrons. The molecule has 0 saturated heterocycles. The molecule has 0 aliphatic carbocycles. The molecule has 1 heterocycles. The maximum atomic E-state index is 13.3. The van der Waals surface area contributed by atoms with Crippen LogP contribution in [0.5, 0.6) is 11.5 Å². The van der Waals surface area contributed by atoms with Gasteiger partial charge in [-0.15, -0.1) is 0 Å². The molecular weight excluding hydrogens is 269 g/mol. The van der Waals surface area contributed by atoms with Gasteiger partial charge >= 0.3 is 0 Å². The summed E-state index contributed by atoms with van der Waals surface area (Å²) in [6.07, 6.45) is 0. The lowest BCUT2D eigenvalue weighted by atomic mass is 10.2. The summed E-state index contributed by atoms with van der Waals surface area (Å²) >= 11 is 0. The van der Waals surface area contributed by atoms with Gasteiger partial charge in [0, 0.05) is 17.4 Å². The van der Waals surface area contributed by atoms with Crippen LogP contribution in [-0.4, -0.2) is 9.67 Å². The first-order valence-electron chi connectivity index (χ1n) is 6.87. The van der Waals surface area contributed by atoms with E-state index < -0.39 is 0 Å². The number of fused-ring (bicyclic) bond motifs is 1. The zero-order valence-electron chi connectivity index (χ0n) is 11.7. The van der Waals surface area contributed by atoms with Crippen molar-refractivity contribution in [3.05, 3.63) is 60.0 Å². The largest absolute Gasteiger partial charge is 0.508 e. The summed E-state index contributed by atoms with van der Waals surface area (Å²) < 4.78 is 21.1. The smallest absolute Gasteiger partial charge is 0.128 e. The fourth-order valence-corrected chi connectivity index (χ4v) is 2.49. The molecule has 0 spiro atoms. The van der Waals surface area contributed by atoms with Gasteiger partial charge in [-0.05, 0) is 55.5 Å². The Kier molecular flexibility index (Phi) is 3.52. The summed E-state index contributed by atoms with van der Waals surface area (Å²) in [4.78, 5) is 0. The molecule has 0 unspecified atom stereocenters. The first kappa shape index (κ1) is 13.5. The Bertz CT molecular complexity index is 762. The molecule has 0 fully saturated rings. The number of hydrogen-bond donors (Lipinski definition) is 1. The highest BCUT2D eigenvalue weighted by molar-refractivity contribution is 5.81. The maximum Gasteiger partial charge on any atom is 0.128 e. The van der Waals surface area contributed by atoms with E-state index in [2.05, 4.69) is 4.57 Å². The Hall–Kier alpha value is -2.49. The van der Waals surface area contributed by atoms with Gasteiger partial charge in [-0.25, -0.2) is 4.39 Å². The normalized spacial score (nSPS) is 11.0. The number of halogens is 1. The van der Waals surface area contributed by atoms with E-state index in [1.807, 2.05) is 13.0 Å². The average molecular weight is 285 g/mol. The first-order valence-corrected chi connectivity index (χ1v) is 6.87.